The van der Waals surface area contributed by atoms with E-state index in [4.69, 9.17) is 23.2 Å². The Balaban J connectivity index is 1.71. The molecule has 7 nitrogen and oxygen atoms in total. The van der Waals surface area contributed by atoms with Crippen molar-refractivity contribution in [3.05, 3.63) is 65.1 Å². The first kappa shape index (κ1) is 16.7. The minimum absolute atomic E-state index is 0.176. The third kappa shape index (κ3) is 3.07. The van der Waals surface area contributed by atoms with Gasteiger partial charge in [-0.3, -0.25) is 4.98 Å². The molecule has 4 aromatic rings. The third-order valence-corrected chi connectivity index (χ3v) is 4.34. The fraction of sp³-hybridized carbons (Fsp3) is 0.118. The van der Waals surface area contributed by atoms with Crippen LogP contribution in [-0.2, 0) is 0 Å². The number of halogens is 2. The van der Waals surface area contributed by atoms with Crippen molar-refractivity contribution in [1.29, 1.82) is 0 Å². The number of aromatic nitrogens is 6. The second-order valence-electron chi connectivity index (χ2n) is 5.59. The monoisotopic (exact) mass is 385 g/mol. The molecular formula is C17H13Cl2N7. The maximum absolute atomic E-state index is 6.26. The summed E-state index contributed by atoms with van der Waals surface area (Å²) in [6, 6.07) is 6.94. The fourth-order valence-electron chi connectivity index (χ4n) is 2.70. The van der Waals surface area contributed by atoms with Crippen LogP contribution in [0.5, 0.6) is 0 Å². The number of hydrogen-bond donors (Lipinski definition) is 1. The molecule has 0 bridgehead atoms. The normalized spacial score (nSPS) is 12.3. The molecule has 3 aromatic heterocycles. The van der Waals surface area contributed by atoms with Crippen LogP contribution in [0.25, 0.3) is 16.9 Å². The quantitative estimate of drug-likeness (QED) is 0.569. The van der Waals surface area contributed by atoms with Gasteiger partial charge in [-0.25, -0.2) is 15.0 Å². The molecule has 1 aromatic carbocycles. The summed E-state index contributed by atoms with van der Waals surface area (Å²) in [5.41, 5.74) is 1.52. The van der Waals surface area contributed by atoms with Crippen molar-refractivity contribution >= 4 is 39.8 Å². The van der Waals surface area contributed by atoms with E-state index in [1.165, 1.54) is 6.33 Å². The highest BCUT2D eigenvalue weighted by Gasteiger charge is 2.17. The number of pyridine rings is 1. The molecule has 1 unspecified atom stereocenters. The Morgan fingerprint density at radius 3 is 2.65 bits per heavy atom. The number of nitrogens with one attached hydrogen (secondary N) is 1. The molecule has 3 heterocycles. The molecule has 1 atom stereocenters. The van der Waals surface area contributed by atoms with Crippen molar-refractivity contribution in [2.45, 2.75) is 13.0 Å². The topological polar surface area (TPSA) is 81.4 Å². The van der Waals surface area contributed by atoms with Crippen LogP contribution < -0.4 is 5.32 Å². The van der Waals surface area contributed by atoms with Crippen molar-refractivity contribution in [2.75, 3.05) is 5.32 Å². The van der Waals surface area contributed by atoms with Crippen molar-refractivity contribution in [1.82, 2.24) is 29.7 Å². The summed E-state index contributed by atoms with van der Waals surface area (Å²) in [6.45, 7) is 1.97. The third-order valence-electron chi connectivity index (χ3n) is 3.84. The Hall–Kier alpha value is -2.77. The minimum atomic E-state index is -0.176. The summed E-state index contributed by atoms with van der Waals surface area (Å²) < 4.78 is 1.60. The van der Waals surface area contributed by atoms with Gasteiger partial charge < -0.3 is 5.32 Å². The van der Waals surface area contributed by atoms with Gasteiger partial charge in [-0.2, -0.15) is 9.78 Å². The number of fused-ring (bicyclic) bond motifs is 1. The second-order valence-corrected chi connectivity index (χ2v) is 6.43. The lowest BCUT2D eigenvalue weighted by Crippen LogP contribution is -2.15. The first-order valence-electron chi connectivity index (χ1n) is 7.81. The highest BCUT2D eigenvalue weighted by molar-refractivity contribution is 6.38. The number of nitrogens with zero attached hydrogens (tertiary/aromatic N) is 6. The molecule has 4 rings (SSSR count). The molecule has 26 heavy (non-hydrogen) atoms. The second kappa shape index (κ2) is 6.86. The van der Waals surface area contributed by atoms with Gasteiger partial charge in [0.2, 0.25) is 0 Å². The Morgan fingerprint density at radius 1 is 1.04 bits per heavy atom. The average molecular weight is 386 g/mol. The zero-order valence-electron chi connectivity index (χ0n) is 13.6. The van der Waals surface area contributed by atoms with Gasteiger partial charge in [0, 0.05) is 34.7 Å². The van der Waals surface area contributed by atoms with Crippen LogP contribution in [0.1, 0.15) is 18.8 Å². The summed E-state index contributed by atoms with van der Waals surface area (Å²) in [6.07, 6.45) is 6.49. The molecular weight excluding hydrogens is 373 g/mol. The first-order chi connectivity index (χ1) is 12.6. The van der Waals surface area contributed by atoms with Gasteiger partial charge in [-0.15, -0.1) is 0 Å². The molecule has 9 heteroatoms. The van der Waals surface area contributed by atoms with Crippen molar-refractivity contribution in [2.24, 2.45) is 0 Å². The summed E-state index contributed by atoms with van der Waals surface area (Å²) in [5, 5.41) is 9.53. The largest absolute Gasteiger partial charge is 0.375 e. The van der Waals surface area contributed by atoms with Crippen LogP contribution in [-0.4, -0.2) is 29.7 Å². The number of rotatable bonds is 4. The molecule has 0 amide bonds. The van der Waals surface area contributed by atoms with E-state index in [0.717, 1.165) is 11.1 Å². The van der Waals surface area contributed by atoms with Gasteiger partial charge in [-0.1, -0.05) is 23.2 Å². The number of anilines is 1. The smallest absolute Gasteiger partial charge is 0.252 e. The summed E-state index contributed by atoms with van der Waals surface area (Å²) in [5.74, 6) is 1.13. The molecule has 1 N–H and O–H groups in total. The van der Waals surface area contributed by atoms with Crippen molar-refractivity contribution < 1.29 is 0 Å². The van der Waals surface area contributed by atoms with E-state index in [1.807, 2.05) is 19.1 Å². The summed E-state index contributed by atoms with van der Waals surface area (Å²) >= 11 is 12.4. The molecule has 0 aliphatic carbocycles. The predicted molar refractivity (Wildman–Crippen MR) is 101 cm³/mol. The molecule has 0 aliphatic rings. The Bertz CT molecular complexity index is 1070. The minimum Gasteiger partial charge on any atom is -0.375 e. The van der Waals surface area contributed by atoms with E-state index >= 15 is 0 Å². The lowest BCUT2D eigenvalue weighted by atomic mass is 10.1. The van der Waals surface area contributed by atoms with E-state index in [1.54, 1.807) is 35.4 Å². The molecule has 0 aliphatic heterocycles. The maximum Gasteiger partial charge on any atom is 0.252 e. The van der Waals surface area contributed by atoms with Crippen LogP contribution in [0.3, 0.4) is 0 Å². The Labute approximate surface area is 159 Å². The van der Waals surface area contributed by atoms with Gasteiger partial charge >= 0.3 is 0 Å². The van der Waals surface area contributed by atoms with Crippen LogP contribution in [0.2, 0.25) is 10.0 Å². The molecule has 0 saturated carbocycles. The maximum atomic E-state index is 6.26. The average Bonchev–Trinajstić information content (AvgIpc) is 3.13. The lowest BCUT2D eigenvalue weighted by Gasteiger charge is -2.17. The highest BCUT2D eigenvalue weighted by Crippen LogP contribution is 2.32. The Kier molecular flexibility index (Phi) is 4.40. The standard InChI is InChI=1S/C17H13Cl2N7/c1-10(16-23-9-24-26(16)17-21-4-2-5-22-17)25-14-3-6-20-15-12(14)7-11(18)8-13(15)19/h2-10H,1H3,(H,20,25). The van der Waals surface area contributed by atoms with Crippen LogP contribution >= 0.6 is 23.2 Å². The van der Waals surface area contributed by atoms with E-state index in [-0.39, 0.29) is 6.04 Å². The van der Waals surface area contributed by atoms with Crippen LogP contribution in [0.4, 0.5) is 5.69 Å². The molecule has 0 saturated heterocycles. The van der Waals surface area contributed by atoms with Crippen LogP contribution in [0, 0.1) is 0 Å². The molecule has 130 valence electrons. The predicted octanol–water partition coefficient (Wildman–Crippen LogP) is 4.09. The fourth-order valence-corrected chi connectivity index (χ4v) is 3.24. The van der Waals surface area contributed by atoms with Gasteiger partial charge in [0.05, 0.1) is 16.6 Å². The zero-order valence-corrected chi connectivity index (χ0v) is 15.1. The van der Waals surface area contributed by atoms with Crippen molar-refractivity contribution in [3.8, 4) is 5.95 Å². The summed E-state index contributed by atoms with van der Waals surface area (Å²) in [4.78, 5) is 17.1. The van der Waals surface area contributed by atoms with E-state index < -0.39 is 0 Å². The van der Waals surface area contributed by atoms with Gasteiger partial charge in [0.1, 0.15) is 6.33 Å². The van der Waals surface area contributed by atoms with E-state index in [0.29, 0.717) is 27.3 Å². The number of benzene rings is 1. The van der Waals surface area contributed by atoms with Crippen molar-refractivity contribution in [3.63, 3.8) is 0 Å². The SMILES string of the molecule is CC(Nc1ccnc2c(Cl)cc(Cl)cc12)c1ncnn1-c1ncccn1. The van der Waals surface area contributed by atoms with Gasteiger partial charge in [0.15, 0.2) is 5.82 Å². The van der Waals surface area contributed by atoms with Crippen LogP contribution in [0.15, 0.2) is 49.2 Å². The highest BCUT2D eigenvalue weighted by atomic mass is 35.5. The number of hydrogen-bond acceptors (Lipinski definition) is 6. The van der Waals surface area contributed by atoms with E-state index in [2.05, 4.69) is 30.4 Å². The van der Waals surface area contributed by atoms with E-state index in [9.17, 15) is 0 Å². The van der Waals surface area contributed by atoms with Gasteiger partial charge in [-0.05, 0) is 31.2 Å². The molecule has 0 spiro atoms. The zero-order chi connectivity index (χ0) is 18.1. The molecule has 0 fully saturated rings. The van der Waals surface area contributed by atoms with Gasteiger partial charge in [0.25, 0.3) is 5.95 Å². The Morgan fingerprint density at radius 2 is 1.85 bits per heavy atom. The lowest BCUT2D eigenvalue weighted by molar-refractivity contribution is 0.696. The first-order valence-corrected chi connectivity index (χ1v) is 8.56. The summed E-state index contributed by atoms with van der Waals surface area (Å²) in [7, 11) is 0. The molecule has 0 radical (unpaired) electrons.